The SMILES string of the molecule is CCCC[C@H]1C=CCN1C(=O)c1cc(C(C)C)n2ncnc2n1. The lowest BCUT2D eigenvalue weighted by Crippen LogP contribution is -2.36. The van der Waals surface area contributed by atoms with Gasteiger partial charge in [0.1, 0.15) is 12.0 Å². The molecule has 122 valence electrons. The highest BCUT2D eigenvalue weighted by Gasteiger charge is 2.27. The van der Waals surface area contributed by atoms with Gasteiger partial charge in [0.15, 0.2) is 0 Å². The summed E-state index contributed by atoms with van der Waals surface area (Å²) in [6.07, 6.45) is 8.93. The van der Waals surface area contributed by atoms with E-state index in [1.54, 1.807) is 4.52 Å². The van der Waals surface area contributed by atoms with Gasteiger partial charge in [-0.3, -0.25) is 4.79 Å². The summed E-state index contributed by atoms with van der Waals surface area (Å²) in [4.78, 5) is 23.4. The molecular formula is C17H23N5O. The van der Waals surface area contributed by atoms with Gasteiger partial charge < -0.3 is 4.90 Å². The quantitative estimate of drug-likeness (QED) is 0.796. The lowest BCUT2D eigenvalue weighted by molar-refractivity contribution is 0.0737. The predicted molar refractivity (Wildman–Crippen MR) is 88.4 cm³/mol. The number of carbonyl (C=O) groups excluding carboxylic acids is 1. The molecule has 0 aliphatic carbocycles. The molecule has 6 nitrogen and oxygen atoms in total. The van der Waals surface area contributed by atoms with Crippen molar-refractivity contribution in [1.82, 2.24) is 24.5 Å². The minimum absolute atomic E-state index is 0.0245. The molecule has 0 N–H and O–H groups in total. The molecular weight excluding hydrogens is 290 g/mol. The summed E-state index contributed by atoms with van der Waals surface area (Å²) in [6, 6.07) is 2.03. The third kappa shape index (κ3) is 2.98. The van der Waals surface area contributed by atoms with E-state index in [0.29, 0.717) is 18.0 Å². The zero-order valence-electron chi connectivity index (χ0n) is 13.9. The average molecular weight is 313 g/mol. The molecule has 23 heavy (non-hydrogen) atoms. The van der Waals surface area contributed by atoms with Crippen molar-refractivity contribution in [3.8, 4) is 0 Å². The van der Waals surface area contributed by atoms with Crippen molar-refractivity contribution >= 4 is 11.7 Å². The van der Waals surface area contributed by atoms with Gasteiger partial charge in [-0.25, -0.2) is 9.50 Å². The van der Waals surface area contributed by atoms with Gasteiger partial charge in [0.2, 0.25) is 0 Å². The van der Waals surface area contributed by atoms with Crippen LogP contribution in [0.2, 0.25) is 0 Å². The first-order chi connectivity index (χ1) is 11.1. The monoisotopic (exact) mass is 313 g/mol. The third-order valence-electron chi connectivity index (χ3n) is 4.27. The number of nitrogens with zero attached hydrogens (tertiary/aromatic N) is 5. The van der Waals surface area contributed by atoms with Crippen molar-refractivity contribution in [2.45, 2.75) is 52.0 Å². The van der Waals surface area contributed by atoms with Crippen molar-refractivity contribution in [3.05, 3.63) is 35.9 Å². The number of rotatable bonds is 5. The molecule has 1 amide bonds. The standard InChI is InChI=1S/C17H23N5O/c1-4-5-7-13-8-6-9-21(13)16(23)14-10-15(12(2)3)22-17(20-14)18-11-19-22/h6,8,10-13H,4-5,7,9H2,1-3H3/t13-/m0/s1. The third-order valence-corrected chi connectivity index (χ3v) is 4.27. The van der Waals surface area contributed by atoms with Gasteiger partial charge >= 0.3 is 0 Å². The predicted octanol–water partition coefficient (Wildman–Crippen LogP) is 2.82. The smallest absolute Gasteiger partial charge is 0.273 e. The fourth-order valence-electron chi connectivity index (χ4n) is 2.97. The van der Waals surface area contributed by atoms with Crippen LogP contribution in [-0.2, 0) is 0 Å². The molecule has 0 bridgehead atoms. The first kappa shape index (κ1) is 15.6. The number of aromatic nitrogens is 4. The Labute approximate surface area is 136 Å². The Bertz CT molecular complexity index is 734. The lowest BCUT2D eigenvalue weighted by atomic mass is 10.1. The normalized spacial score (nSPS) is 17.6. The molecule has 3 rings (SSSR count). The summed E-state index contributed by atoms with van der Waals surface area (Å²) in [5, 5.41) is 4.20. The number of fused-ring (bicyclic) bond motifs is 1. The molecule has 0 spiro atoms. The number of carbonyl (C=O) groups is 1. The molecule has 2 aromatic rings. The van der Waals surface area contributed by atoms with Gasteiger partial charge in [-0.2, -0.15) is 10.1 Å². The molecule has 0 saturated heterocycles. The van der Waals surface area contributed by atoms with Gasteiger partial charge in [0.25, 0.3) is 11.7 Å². The Morgan fingerprint density at radius 2 is 2.26 bits per heavy atom. The Morgan fingerprint density at radius 1 is 1.43 bits per heavy atom. The maximum Gasteiger partial charge on any atom is 0.273 e. The molecule has 0 unspecified atom stereocenters. The minimum Gasteiger partial charge on any atom is -0.327 e. The second-order valence-electron chi connectivity index (χ2n) is 6.29. The van der Waals surface area contributed by atoms with E-state index in [2.05, 4.69) is 48.0 Å². The van der Waals surface area contributed by atoms with E-state index < -0.39 is 0 Å². The topological polar surface area (TPSA) is 63.4 Å². The number of hydrogen-bond donors (Lipinski definition) is 0. The van der Waals surface area contributed by atoms with Crippen LogP contribution in [0.5, 0.6) is 0 Å². The summed E-state index contributed by atoms with van der Waals surface area (Å²) < 4.78 is 1.71. The Kier molecular flexibility index (Phi) is 4.41. The van der Waals surface area contributed by atoms with Gasteiger partial charge in [-0.15, -0.1) is 0 Å². The maximum atomic E-state index is 12.9. The van der Waals surface area contributed by atoms with Crippen LogP contribution >= 0.6 is 0 Å². The van der Waals surface area contributed by atoms with E-state index in [1.807, 2.05) is 11.0 Å². The van der Waals surface area contributed by atoms with E-state index >= 15 is 0 Å². The molecule has 2 aromatic heterocycles. The van der Waals surface area contributed by atoms with Gasteiger partial charge in [0.05, 0.1) is 11.7 Å². The van der Waals surface area contributed by atoms with Gasteiger partial charge in [0, 0.05) is 6.54 Å². The average Bonchev–Trinajstić information content (AvgIpc) is 3.19. The first-order valence-corrected chi connectivity index (χ1v) is 8.30. The van der Waals surface area contributed by atoms with Crippen LogP contribution in [0.3, 0.4) is 0 Å². The highest BCUT2D eigenvalue weighted by Crippen LogP contribution is 2.21. The summed E-state index contributed by atoms with van der Waals surface area (Å²) in [5.74, 6) is 0.696. The second kappa shape index (κ2) is 6.48. The van der Waals surface area contributed by atoms with Crippen LogP contribution in [0.4, 0.5) is 0 Å². The molecule has 6 heteroatoms. The van der Waals surface area contributed by atoms with Crippen LogP contribution in [0.1, 0.15) is 62.1 Å². The highest BCUT2D eigenvalue weighted by molar-refractivity contribution is 5.93. The van der Waals surface area contributed by atoms with Crippen LogP contribution in [0.25, 0.3) is 5.78 Å². The summed E-state index contributed by atoms with van der Waals surface area (Å²) >= 11 is 0. The lowest BCUT2D eigenvalue weighted by Gasteiger charge is -2.24. The van der Waals surface area contributed by atoms with Crippen molar-refractivity contribution in [2.75, 3.05) is 6.54 Å². The Morgan fingerprint density at radius 3 is 3.00 bits per heavy atom. The fraction of sp³-hybridized carbons (Fsp3) is 0.529. The second-order valence-corrected chi connectivity index (χ2v) is 6.29. The van der Waals surface area contributed by atoms with Crippen molar-refractivity contribution in [1.29, 1.82) is 0 Å². The summed E-state index contributed by atoms with van der Waals surface area (Å²) in [7, 11) is 0. The summed E-state index contributed by atoms with van der Waals surface area (Å²) in [6.45, 7) is 6.97. The largest absolute Gasteiger partial charge is 0.327 e. The zero-order valence-corrected chi connectivity index (χ0v) is 13.9. The van der Waals surface area contributed by atoms with Gasteiger partial charge in [-0.1, -0.05) is 45.8 Å². The number of unbranched alkanes of at least 4 members (excludes halogenated alkanes) is 1. The minimum atomic E-state index is -0.0245. The number of hydrogen-bond acceptors (Lipinski definition) is 4. The van der Waals surface area contributed by atoms with Crippen molar-refractivity contribution in [2.24, 2.45) is 0 Å². The van der Waals surface area contributed by atoms with Crippen molar-refractivity contribution < 1.29 is 4.79 Å². The summed E-state index contributed by atoms with van der Waals surface area (Å²) in [5.41, 5.74) is 1.41. The Hall–Kier alpha value is -2.24. The zero-order chi connectivity index (χ0) is 16.4. The highest BCUT2D eigenvalue weighted by atomic mass is 16.2. The molecule has 1 aliphatic heterocycles. The first-order valence-electron chi connectivity index (χ1n) is 8.30. The van der Waals surface area contributed by atoms with E-state index in [-0.39, 0.29) is 17.9 Å². The number of amides is 1. The van der Waals surface area contributed by atoms with E-state index in [9.17, 15) is 4.79 Å². The van der Waals surface area contributed by atoms with Crippen LogP contribution in [0, 0.1) is 0 Å². The van der Waals surface area contributed by atoms with E-state index in [1.165, 1.54) is 6.33 Å². The Balaban J connectivity index is 1.91. The van der Waals surface area contributed by atoms with Crippen LogP contribution < -0.4 is 0 Å². The molecule has 1 atom stereocenters. The molecule has 0 aromatic carbocycles. The molecule has 1 aliphatic rings. The fourth-order valence-corrected chi connectivity index (χ4v) is 2.97. The molecule has 0 radical (unpaired) electrons. The van der Waals surface area contributed by atoms with Crippen LogP contribution in [-0.4, -0.2) is 43.0 Å². The van der Waals surface area contributed by atoms with Crippen LogP contribution in [0.15, 0.2) is 24.5 Å². The van der Waals surface area contributed by atoms with E-state index in [4.69, 9.17) is 0 Å². The molecule has 0 fully saturated rings. The van der Waals surface area contributed by atoms with Crippen molar-refractivity contribution in [3.63, 3.8) is 0 Å². The van der Waals surface area contributed by atoms with Gasteiger partial charge in [-0.05, 0) is 18.4 Å². The molecule has 3 heterocycles. The molecule has 0 saturated carbocycles. The maximum absolute atomic E-state index is 12.9. The van der Waals surface area contributed by atoms with E-state index in [0.717, 1.165) is 25.0 Å².